The lowest BCUT2D eigenvalue weighted by Crippen LogP contribution is -2.37. The van der Waals surface area contributed by atoms with E-state index in [9.17, 15) is 4.79 Å². The third kappa shape index (κ3) is 3.61. The molecule has 23 heavy (non-hydrogen) atoms. The molecule has 1 saturated heterocycles. The highest BCUT2D eigenvalue weighted by Gasteiger charge is 2.17. The Morgan fingerprint density at radius 1 is 1.43 bits per heavy atom. The van der Waals surface area contributed by atoms with Gasteiger partial charge < -0.3 is 11.1 Å². The first-order valence-electron chi connectivity index (χ1n) is 8.21. The Bertz CT molecular complexity index is 794. The van der Waals surface area contributed by atoms with E-state index >= 15 is 0 Å². The zero-order chi connectivity index (χ0) is 16.1. The molecule has 0 radical (unpaired) electrons. The molecule has 1 aromatic carbocycles. The molecule has 1 atom stereocenters. The van der Waals surface area contributed by atoms with E-state index in [4.69, 9.17) is 5.73 Å². The van der Waals surface area contributed by atoms with Crippen molar-refractivity contribution < 1.29 is 0 Å². The average Bonchev–Trinajstić information content (AvgIpc) is 2.60. The van der Waals surface area contributed by atoms with E-state index in [2.05, 4.69) is 22.3 Å². The first-order chi connectivity index (χ1) is 11.3. The van der Waals surface area contributed by atoms with E-state index in [1.165, 1.54) is 0 Å². The molecule has 0 aliphatic carbocycles. The van der Waals surface area contributed by atoms with Crippen molar-refractivity contribution >= 4 is 10.8 Å². The molecule has 1 unspecified atom stereocenters. The van der Waals surface area contributed by atoms with Crippen LogP contribution >= 0.6 is 0 Å². The smallest absolute Gasteiger partial charge is 0.274 e. The second-order valence-corrected chi connectivity index (χ2v) is 5.89. The molecule has 1 aliphatic rings. The Balaban J connectivity index is 1.89. The number of nitrogens with one attached hydrogen (secondary N) is 1. The molecular weight excluding hydrogens is 288 g/mol. The molecule has 0 spiro atoms. The molecule has 0 amide bonds. The van der Waals surface area contributed by atoms with Crippen molar-refractivity contribution in [2.45, 2.75) is 31.7 Å². The molecule has 2 heterocycles. The molecule has 3 rings (SSSR count). The zero-order valence-corrected chi connectivity index (χ0v) is 13.2. The average molecular weight is 310 g/mol. The van der Waals surface area contributed by atoms with Crippen LogP contribution in [0.4, 0.5) is 0 Å². The molecule has 2 aromatic rings. The number of rotatable bonds is 3. The predicted molar refractivity (Wildman–Crippen MR) is 92.3 cm³/mol. The quantitative estimate of drug-likeness (QED) is 0.664. The van der Waals surface area contributed by atoms with Gasteiger partial charge in [-0.2, -0.15) is 5.10 Å². The maximum Gasteiger partial charge on any atom is 0.274 e. The third-order valence-electron chi connectivity index (χ3n) is 4.17. The Kier molecular flexibility index (Phi) is 5.06. The Hall–Kier alpha value is -2.16. The van der Waals surface area contributed by atoms with Crippen LogP contribution in [0.3, 0.4) is 0 Å². The van der Waals surface area contributed by atoms with Crippen LogP contribution in [0.5, 0.6) is 0 Å². The van der Waals surface area contributed by atoms with Crippen LogP contribution in [0, 0.1) is 11.8 Å². The van der Waals surface area contributed by atoms with Crippen molar-refractivity contribution in [2.24, 2.45) is 5.73 Å². The van der Waals surface area contributed by atoms with Gasteiger partial charge in [0.1, 0.15) is 0 Å². The molecule has 3 N–H and O–H groups in total. The fourth-order valence-corrected chi connectivity index (χ4v) is 2.90. The van der Waals surface area contributed by atoms with Crippen LogP contribution in [0.1, 0.15) is 37.3 Å². The molecule has 0 bridgehead atoms. The van der Waals surface area contributed by atoms with Crippen molar-refractivity contribution in [1.82, 2.24) is 15.1 Å². The second-order valence-electron chi connectivity index (χ2n) is 5.89. The lowest BCUT2D eigenvalue weighted by molar-refractivity contribution is 0.337. The van der Waals surface area contributed by atoms with Crippen molar-refractivity contribution in [3.05, 3.63) is 40.3 Å². The van der Waals surface area contributed by atoms with Gasteiger partial charge in [-0.05, 0) is 50.6 Å². The first-order valence-corrected chi connectivity index (χ1v) is 8.21. The topological polar surface area (TPSA) is 72.9 Å². The summed E-state index contributed by atoms with van der Waals surface area (Å²) < 4.78 is 1.63. The number of nitrogens with two attached hydrogens (primary N) is 1. The van der Waals surface area contributed by atoms with E-state index < -0.39 is 0 Å². The first kappa shape index (κ1) is 15.7. The molecule has 1 fully saturated rings. The number of aromatic nitrogens is 2. The number of nitrogens with zero attached hydrogens (tertiary/aromatic N) is 2. The summed E-state index contributed by atoms with van der Waals surface area (Å²) in [5.74, 6) is 6.22. The maximum atomic E-state index is 12.7. The highest BCUT2D eigenvalue weighted by molar-refractivity contribution is 5.82. The Morgan fingerprint density at radius 3 is 3.13 bits per heavy atom. The van der Waals surface area contributed by atoms with Gasteiger partial charge in [0.15, 0.2) is 0 Å². The van der Waals surface area contributed by atoms with Gasteiger partial charge in [-0.15, -0.1) is 0 Å². The monoisotopic (exact) mass is 310 g/mol. The van der Waals surface area contributed by atoms with Crippen LogP contribution < -0.4 is 16.6 Å². The minimum atomic E-state index is -0.0150. The largest absolute Gasteiger partial charge is 0.330 e. The van der Waals surface area contributed by atoms with Gasteiger partial charge in [-0.1, -0.05) is 11.8 Å². The van der Waals surface area contributed by atoms with Gasteiger partial charge in [-0.25, -0.2) is 4.68 Å². The Morgan fingerprint density at radius 2 is 2.35 bits per heavy atom. The van der Waals surface area contributed by atoms with E-state index in [-0.39, 0.29) is 11.6 Å². The second kappa shape index (κ2) is 7.40. The highest BCUT2D eigenvalue weighted by atomic mass is 16.1. The lowest BCUT2D eigenvalue weighted by atomic mass is 10.1. The van der Waals surface area contributed by atoms with Crippen LogP contribution in [0.2, 0.25) is 0 Å². The summed E-state index contributed by atoms with van der Waals surface area (Å²) in [4.78, 5) is 12.7. The molecule has 1 aliphatic heterocycles. The number of fused-ring (bicyclic) bond motifs is 1. The summed E-state index contributed by atoms with van der Waals surface area (Å²) in [5.41, 5.74) is 6.35. The minimum absolute atomic E-state index is 0.0150. The van der Waals surface area contributed by atoms with Crippen LogP contribution in [0.15, 0.2) is 29.2 Å². The summed E-state index contributed by atoms with van der Waals surface area (Å²) in [6.07, 6.45) is 5.55. The summed E-state index contributed by atoms with van der Waals surface area (Å²) in [7, 11) is 0. The molecule has 5 heteroatoms. The van der Waals surface area contributed by atoms with Gasteiger partial charge in [0.05, 0.1) is 17.6 Å². The van der Waals surface area contributed by atoms with Crippen molar-refractivity contribution in [3.8, 4) is 11.8 Å². The summed E-state index contributed by atoms with van der Waals surface area (Å²) in [6, 6.07) is 5.85. The molecule has 5 nitrogen and oxygen atoms in total. The van der Waals surface area contributed by atoms with Crippen molar-refractivity contribution in [1.29, 1.82) is 0 Å². The van der Waals surface area contributed by atoms with Crippen LogP contribution in [-0.2, 0) is 0 Å². The number of benzene rings is 1. The number of piperidine rings is 1. The Labute approximate surface area is 135 Å². The third-order valence-corrected chi connectivity index (χ3v) is 4.17. The highest BCUT2D eigenvalue weighted by Crippen LogP contribution is 2.16. The lowest BCUT2D eigenvalue weighted by Gasteiger charge is -2.23. The fraction of sp³-hybridized carbons (Fsp3) is 0.444. The summed E-state index contributed by atoms with van der Waals surface area (Å²) in [6.45, 7) is 2.49. The van der Waals surface area contributed by atoms with Gasteiger partial charge in [0.2, 0.25) is 0 Å². The standard InChI is InChI=1S/C18H22N4O/c19-9-3-1-2-5-14-7-8-17-15(11-14)12-21-22(18(17)23)16-6-4-10-20-13-16/h7-8,11-12,16,20H,1,3-4,6,9-10,13,19H2. The zero-order valence-electron chi connectivity index (χ0n) is 13.2. The number of hydrogen-bond acceptors (Lipinski definition) is 4. The van der Waals surface area contributed by atoms with E-state index in [0.29, 0.717) is 11.9 Å². The maximum absolute atomic E-state index is 12.7. The summed E-state index contributed by atoms with van der Waals surface area (Å²) in [5, 5.41) is 9.26. The van der Waals surface area contributed by atoms with Gasteiger partial charge in [-0.3, -0.25) is 4.79 Å². The number of unbranched alkanes of at least 4 members (excludes halogenated alkanes) is 1. The molecule has 120 valence electrons. The van der Waals surface area contributed by atoms with E-state index in [0.717, 1.165) is 49.7 Å². The SMILES string of the molecule is NCCCC#Cc1ccc2c(=O)n(C3CCCNC3)ncc2c1. The van der Waals surface area contributed by atoms with Gasteiger partial charge >= 0.3 is 0 Å². The van der Waals surface area contributed by atoms with Crippen LogP contribution in [0.25, 0.3) is 10.8 Å². The van der Waals surface area contributed by atoms with E-state index in [1.54, 1.807) is 10.9 Å². The predicted octanol–water partition coefficient (Wildman–Crippen LogP) is 1.41. The summed E-state index contributed by atoms with van der Waals surface area (Å²) >= 11 is 0. The molecule has 0 saturated carbocycles. The number of hydrogen-bond donors (Lipinski definition) is 2. The molecule has 1 aromatic heterocycles. The van der Waals surface area contributed by atoms with Crippen LogP contribution in [-0.4, -0.2) is 29.4 Å². The van der Waals surface area contributed by atoms with Crippen molar-refractivity contribution in [2.75, 3.05) is 19.6 Å². The normalized spacial score (nSPS) is 17.7. The van der Waals surface area contributed by atoms with Gasteiger partial charge in [0, 0.05) is 23.9 Å². The van der Waals surface area contributed by atoms with Crippen molar-refractivity contribution in [3.63, 3.8) is 0 Å². The van der Waals surface area contributed by atoms with E-state index in [1.807, 2.05) is 18.2 Å². The minimum Gasteiger partial charge on any atom is -0.330 e. The fourth-order valence-electron chi connectivity index (χ4n) is 2.90. The molecular formula is C18H22N4O. The van der Waals surface area contributed by atoms with Gasteiger partial charge in [0.25, 0.3) is 5.56 Å².